The van der Waals surface area contributed by atoms with E-state index in [9.17, 15) is 9.59 Å². The van der Waals surface area contributed by atoms with Gasteiger partial charge >= 0.3 is 5.97 Å². The van der Waals surface area contributed by atoms with Crippen molar-refractivity contribution < 1.29 is 14.3 Å². The quantitative estimate of drug-likeness (QED) is 0.775. The van der Waals surface area contributed by atoms with E-state index in [2.05, 4.69) is 0 Å². The van der Waals surface area contributed by atoms with Crippen molar-refractivity contribution in [2.45, 2.75) is 64.4 Å². The second-order valence-corrected chi connectivity index (χ2v) is 7.25. The van der Waals surface area contributed by atoms with Crippen molar-refractivity contribution in [3.8, 4) is 0 Å². The molecule has 0 spiro atoms. The van der Waals surface area contributed by atoms with E-state index in [1.807, 2.05) is 25.1 Å². The highest BCUT2D eigenvalue weighted by Crippen LogP contribution is 2.31. The minimum absolute atomic E-state index is 0.0583. The van der Waals surface area contributed by atoms with Crippen LogP contribution in [0.5, 0.6) is 0 Å². The van der Waals surface area contributed by atoms with Gasteiger partial charge in [-0.1, -0.05) is 11.6 Å². The Balaban J connectivity index is 1.79. The SMILES string of the molecule is Cc1ccc2nc3c(c(C(=O)O[C@H]4CCCCC4=O)c2c1)CCCC3. The van der Waals surface area contributed by atoms with Crippen LogP contribution in [0.15, 0.2) is 18.2 Å². The number of hydrogen-bond acceptors (Lipinski definition) is 4. The summed E-state index contributed by atoms with van der Waals surface area (Å²) in [5.74, 6) is -0.292. The number of hydrogen-bond donors (Lipinski definition) is 0. The maximum atomic E-state index is 13.1. The zero-order valence-electron chi connectivity index (χ0n) is 14.6. The van der Waals surface area contributed by atoms with E-state index in [4.69, 9.17) is 9.72 Å². The molecule has 1 saturated carbocycles. The predicted molar refractivity (Wildman–Crippen MR) is 95.8 cm³/mol. The molecule has 0 radical (unpaired) electrons. The maximum absolute atomic E-state index is 13.1. The Hall–Kier alpha value is -2.23. The van der Waals surface area contributed by atoms with Crippen LogP contribution in [-0.2, 0) is 22.4 Å². The third-order valence-corrected chi connectivity index (χ3v) is 5.37. The lowest BCUT2D eigenvalue weighted by molar-refractivity contribution is -0.129. The molecular formula is C21H23NO3. The van der Waals surface area contributed by atoms with E-state index >= 15 is 0 Å². The molecule has 1 heterocycles. The average Bonchev–Trinajstić information content (AvgIpc) is 2.61. The Morgan fingerprint density at radius 1 is 1.12 bits per heavy atom. The molecule has 130 valence electrons. The van der Waals surface area contributed by atoms with Crippen LogP contribution in [0.25, 0.3) is 10.9 Å². The molecule has 2 aromatic rings. The van der Waals surface area contributed by atoms with Gasteiger partial charge in [-0.05, 0) is 69.6 Å². The Bertz CT molecular complexity index is 856. The lowest BCUT2D eigenvalue weighted by Gasteiger charge is -2.24. The molecule has 4 nitrogen and oxygen atoms in total. The summed E-state index contributed by atoms with van der Waals surface area (Å²) in [5.41, 5.74) is 4.62. The Labute approximate surface area is 147 Å². The number of pyridine rings is 1. The Morgan fingerprint density at radius 3 is 2.76 bits per heavy atom. The van der Waals surface area contributed by atoms with Gasteiger partial charge in [0.15, 0.2) is 11.9 Å². The molecule has 1 aromatic carbocycles. The van der Waals surface area contributed by atoms with Crippen molar-refractivity contribution in [2.24, 2.45) is 0 Å². The zero-order valence-corrected chi connectivity index (χ0v) is 14.6. The van der Waals surface area contributed by atoms with Crippen LogP contribution >= 0.6 is 0 Å². The molecule has 0 bridgehead atoms. The van der Waals surface area contributed by atoms with Gasteiger partial charge in [0.1, 0.15) is 0 Å². The average molecular weight is 337 g/mol. The fourth-order valence-electron chi connectivity index (χ4n) is 4.03. The summed E-state index contributed by atoms with van der Waals surface area (Å²) < 4.78 is 5.69. The fraction of sp³-hybridized carbons (Fsp3) is 0.476. The van der Waals surface area contributed by atoms with Crippen LogP contribution in [0.1, 0.15) is 65.7 Å². The number of aryl methyl sites for hydroxylation is 2. The lowest BCUT2D eigenvalue weighted by atomic mass is 9.89. The van der Waals surface area contributed by atoms with Crippen molar-refractivity contribution >= 4 is 22.7 Å². The van der Waals surface area contributed by atoms with Crippen molar-refractivity contribution in [1.82, 2.24) is 4.98 Å². The third-order valence-electron chi connectivity index (χ3n) is 5.37. The molecule has 1 aromatic heterocycles. The van der Waals surface area contributed by atoms with Gasteiger partial charge in [0.25, 0.3) is 0 Å². The first-order chi connectivity index (χ1) is 12.1. The van der Waals surface area contributed by atoms with Gasteiger partial charge in [0.2, 0.25) is 0 Å². The number of rotatable bonds is 2. The molecule has 0 N–H and O–H groups in total. The molecule has 0 saturated heterocycles. The summed E-state index contributed by atoms with van der Waals surface area (Å²) >= 11 is 0. The monoisotopic (exact) mass is 337 g/mol. The predicted octanol–water partition coefficient (Wildman–Crippen LogP) is 4.09. The number of ether oxygens (including phenoxy) is 1. The number of nitrogens with zero attached hydrogens (tertiary/aromatic N) is 1. The number of esters is 1. The van der Waals surface area contributed by atoms with E-state index in [1.165, 1.54) is 0 Å². The molecular weight excluding hydrogens is 314 g/mol. The van der Waals surface area contributed by atoms with Crippen molar-refractivity contribution in [3.05, 3.63) is 40.6 Å². The molecule has 25 heavy (non-hydrogen) atoms. The molecule has 4 rings (SSSR count). The van der Waals surface area contributed by atoms with E-state index in [0.717, 1.165) is 66.2 Å². The van der Waals surface area contributed by atoms with Crippen molar-refractivity contribution in [3.63, 3.8) is 0 Å². The molecule has 4 heteroatoms. The summed E-state index contributed by atoms with van der Waals surface area (Å²) in [5, 5.41) is 0.855. The van der Waals surface area contributed by atoms with Gasteiger partial charge in [-0.15, -0.1) is 0 Å². The number of carbonyl (C=O) groups excluding carboxylic acids is 2. The van der Waals surface area contributed by atoms with Crippen molar-refractivity contribution in [2.75, 3.05) is 0 Å². The van der Waals surface area contributed by atoms with Gasteiger partial charge in [0, 0.05) is 17.5 Å². The van der Waals surface area contributed by atoms with Gasteiger partial charge < -0.3 is 4.74 Å². The van der Waals surface area contributed by atoms with Crippen LogP contribution < -0.4 is 0 Å². The van der Waals surface area contributed by atoms with Gasteiger partial charge in [-0.3, -0.25) is 9.78 Å². The summed E-state index contributed by atoms with van der Waals surface area (Å²) in [6.07, 6.45) is 6.37. The molecule has 1 atom stereocenters. The largest absolute Gasteiger partial charge is 0.451 e. The molecule has 0 amide bonds. The molecule has 2 aliphatic rings. The van der Waals surface area contributed by atoms with Crippen LogP contribution in [0.3, 0.4) is 0 Å². The van der Waals surface area contributed by atoms with Crippen LogP contribution in [0, 0.1) is 6.92 Å². The topological polar surface area (TPSA) is 56.3 Å². The minimum Gasteiger partial charge on any atom is -0.451 e. The maximum Gasteiger partial charge on any atom is 0.339 e. The number of fused-ring (bicyclic) bond motifs is 2. The van der Waals surface area contributed by atoms with E-state index in [0.29, 0.717) is 18.4 Å². The first-order valence-corrected chi connectivity index (χ1v) is 9.29. The summed E-state index contributed by atoms with van der Waals surface area (Å²) in [6, 6.07) is 6.00. The smallest absolute Gasteiger partial charge is 0.339 e. The Kier molecular flexibility index (Phi) is 4.28. The second kappa shape index (κ2) is 6.58. The van der Waals surface area contributed by atoms with E-state index in [-0.39, 0.29) is 11.8 Å². The second-order valence-electron chi connectivity index (χ2n) is 7.25. The first kappa shape index (κ1) is 16.2. The Morgan fingerprint density at radius 2 is 1.92 bits per heavy atom. The van der Waals surface area contributed by atoms with Crippen molar-refractivity contribution in [1.29, 1.82) is 0 Å². The number of aromatic nitrogens is 1. The lowest BCUT2D eigenvalue weighted by Crippen LogP contribution is -2.31. The third kappa shape index (κ3) is 3.06. The van der Waals surface area contributed by atoms with E-state index in [1.54, 1.807) is 0 Å². The highest BCUT2D eigenvalue weighted by molar-refractivity contribution is 6.06. The fourth-order valence-corrected chi connectivity index (χ4v) is 4.03. The first-order valence-electron chi connectivity index (χ1n) is 9.29. The number of Topliss-reactive ketones (excluding diaryl/α,β-unsaturated/α-hetero) is 1. The number of ketones is 1. The van der Waals surface area contributed by atoms with E-state index < -0.39 is 6.10 Å². The zero-order chi connectivity index (χ0) is 17.4. The minimum atomic E-state index is -0.575. The summed E-state index contributed by atoms with van der Waals surface area (Å²) in [4.78, 5) is 29.9. The summed E-state index contributed by atoms with van der Waals surface area (Å²) in [6.45, 7) is 2.01. The number of benzene rings is 1. The molecule has 1 fully saturated rings. The number of carbonyl (C=O) groups is 2. The summed E-state index contributed by atoms with van der Waals surface area (Å²) in [7, 11) is 0. The highest BCUT2D eigenvalue weighted by Gasteiger charge is 2.29. The standard InChI is InChI=1S/C21H23NO3/c1-13-10-11-17-15(12-13)20(14-6-2-3-7-16(14)22-17)21(24)25-19-9-5-4-8-18(19)23/h10-12,19H,2-9H2,1H3/t19-/m0/s1. The molecule has 2 aliphatic carbocycles. The van der Waals surface area contributed by atoms with Gasteiger partial charge in [0.05, 0.1) is 11.1 Å². The normalized spacial score (nSPS) is 20.4. The van der Waals surface area contributed by atoms with Crippen LogP contribution in [0.4, 0.5) is 0 Å². The molecule has 0 unspecified atom stereocenters. The van der Waals surface area contributed by atoms with Crippen LogP contribution in [0.2, 0.25) is 0 Å². The molecule has 0 aliphatic heterocycles. The van der Waals surface area contributed by atoms with Gasteiger partial charge in [-0.2, -0.15) is 0 Å². The van der Waals surface area contributed by atoms with Crippen LogP contribution in [-0.4, -0.2) is 22.8 Å². The highest BCUT2D eigenvalue weighted by atomic mass is 16.5. The van der Waals surface area contributed by atoms with Gasteiger partial charge in [-0.25, -0.2) is 4.79 Å².